The number of likely N-dealkylation sites (N-methyl/N-ethyl adjacent to an activating group) is 1. The molecule has 0 aromatic carbocycles. The van der Waals surface area contributed by atoms with Crippen molar-refractivity contribution < 1.29 is 4.74 Å². The fourth-order valence-electron chi connectivity index (χ4n) is 3.62. The first kappa shape index (κ1) is 23.9. The minimum atomic E-state index is 0. The predicted octanol–water partition coefficient (Wildman–Crippen LogP) is 1.96. The van der Waals surface area contributed by atoms with Crippen LogP contribution in [0.1, 0.15) is 33.1 Å². The van der Waals surface area contributed by atoms with Crippen molar-refractivity contribution in [1.29, 1.82) is 0 Å². The fourth-order valence-corrected chi connectivity index (χ4v) is 3.62. The van der Waals surface area contributed by atoms with Gasteiger partial charge in [-0.2, -0.15) is 0 Å². The SMILES string of the molecule is CCCCN(C)CCN=C(NCC)N1CCC(CN2CCOCC2)C1.I. The van der Waals surface area contributed by atoms with Gasteiger partial charge in [-0.05, 0) is 39.3 Å². The molecule has 26 heavy (non-hydrogen) atoms. The third-order valence-corrected chi connectivity index (χ3v) is 5.18. The number of morpholine rings is 1. The molecule has 0 spiro atoms. The van der Waals surface area contributed by atoms with Crippen LogP contribution in [0.4, 0.5) is 0 Å². The second-order valence-corrected chi connectivity index (χ2v) is 7.41. The Morgan fingerprint density at radius 2 is 1.96 bits per heavy atom. The molecule has 2 aliphatic heterocycles. The van der Waals surface area contributed by atoms with Crippen molar-refractivity contribution in [2.45, 2.75) is 33.1 Å². The smallest absolute Gasteiger partial charge is 0.193 e. The molecule has 0 saturated carbocycles. The van der Waals surface area contributed by atoms with E-state index in [1.54, 1.807) is 0 Å². The molecule has 0 aromatic rings. The van der Waals surface area contributed by atoms with Gasteiger partial charge in [0.15, 0.2) is 5.96 Å². The van der Waals surface area contributed by atoms with Gasteiger partial charge in [0.1, 0.15) is 0 Å². The second kappa shape index (κ2) is 14.0. The normalized spacial score (nSPS) is 21.9. The molecule has 2 saturated heterocycles. The van der Waals surface area contributed by atoms with Crippen molar-refractivity contribution in [3.05, 3.63) is 0 Å². The lowest BCUT2D eigenvalue weighted by atomic mass is 10.1. The van der Waals surface area contributed by atoms with E-state index in [1.807, 2.05) is 0 Å². The van der Waals surface area contributed by atoms with Crippen molar-refractivity contribution in [3.63, 3.8) is 0 Å². The van der Waals surface area contributed by atoms with E-state index in [9.17, 15) is 0 Å². The van der Waals surface area contributed by atoms with Gasteiger partial charge in [0.05, 0.1) is 19.8 Å². The van der Waals surface area contributed by atoms with Crippen molar-refractivity contribution in [3.8, 4) is 0 Å². The van der Waals surface area contributed by atoms with Crippen LogP contribution >= 0.6 is 24.0 Å². The summed E-state index contributed by atoms with van der Waals surface area (Å²) in [4.78, 5) is 12.3. The standard InChI is InChI=1S/C19H39N5O.HI/c1-4-6-9-22(3)11-8-21-19(20-5-2)24-10-7-18(17-24)16-23-12-14-25-15-13-23;/h18H,4-17H2,1-3H3,(H,20,21);1H. The molecule has 2 rings (SSSR count). The predicted molar refractivity (Wildman–Crippen MR) is 121 cm³/mol. The molecular weight excluding hydrogens is 441 g/mol. The number of rotatable bonds is 9. The number of guanidine groups is 1. The van der Waals surface area contributed by atoms with E-state index in [0.29, 0.717) is 0 Å². The number of hydrogen-bond donors (Lipinski definition) is 1. The summed E-state index contributed by atoms with van der Waals surface area (Å²) in [5, 5.41) is 3.49. The molecule has 2 fully saturated rings. The lowest BCUT2D eigenvalue weighted by Gasteiger charge is -2.29. The Morgan fingerprint density at radius 1 is 1.19 bits per heavy atom. The molecule has 6 nitrogen and oxygen atoms in total. The number of unbranched alkanes of at least 4 members (excludes halogenated alkanes) is 1. The highest BCUT2D eigenvalue weighted by atomic mass is 127. The molecule has 0 aliphatic carbocycles. The Labute approximate surface area is 177 Å². The number of nitrogens with one attached hydrogen (secondary N) is 1. The maximum Gasteiger partial charge on any atom is 0.193 e. The molecule has 154 valence electrons. The van der Waals surface area contributed by atoms with E-state index < -0.39 is 0 Å². The van der Waals surface area contributed by atoms with E-state index in [4.69, 9.17) is 9.73 Å². The zero-order valence-electron chi connectivity index (χ0n) is 17.1. The van der Waals surface area contributed by atoms with Crippen LogP contribution < -0.4 is 5.32 Å². The van der Waals surface area contributed by atoms with Crippen LogP contribution in [-0.2, 0) is 4.74 Å². The van der Waals surface area contributed by atoms with E-state index in [2.05, 4.69) is 40.9 Å². The summed E-state index contributed by atoms with van der Waals surface area (Å²) in [5.74, 6) is 1.87. The maximum atomic E-state index is 5.46. The van der Waals surface area contributed by atoms with Gasteiger partial charge < -0.3 is 19.9 Å². The van der Waals surface area contributed by atoms with Crippen LogP contribution in [0.5, 0.6) is 0 Å². The van der Waals surface area contributed by atoms with Gasteiger partial charge in [0, 0.05) is 45.8 Å². The van der Waals surface area contributed by atoms with Gasteiger partial charge in [-0.15, -0.1) is 24.0 Å². The lowest BCUT2D eigenvalue weighted by molar-refractivity contribution is 0.0315. The topological polar surface area (TPSA) is 43.3 Å². The molecular formula is C19H40IN5O. The number of halogens is 1. The molecule has 0 bridgehead atoms. The lowest BCUT2D eigenvalue weighted by Crippen LogP contribution is -2.42. The number of nitrogens with zero attached hydrogens (tertiary/aromatic N) is 4. The van der Waals surface area contributed by atoms with E-state index >= 15 is 0 Å². The van der Waals surface area contributed by atoms with E-state index in [0.717, 1.165) is 70.9 Å². The first-order valence-corrected chi connectivity index (χ1v) is 10.2. The third-order valence-electron chi connectivity index (χ3n) is 5.18. The summed E-state index contributed by atoms with van der Waals surface area (Å²) >= 11 is 0. The minimum absolute atomic E-state index is 0. The highest BCUT2D eigenvalue weighted by Crippen LogP contribution is 2.18. The average molecular weight is 481 g/mol. The molecule has 0 aromatic heterocycles. The Morgan fingerprint density at radius 3 is 2.65 bits per heavy atom. The highest BCUT2D eigenvalue weighted by molar-refractivity contribution is 14.0. The van der Waals surface area contributed by atoms with Gasteiger partial charge in [-0.3, -0.25) is 9.89 Å². The van der Waals surface area contributed by atoms with Crippen LogP contribution in [0.3, 0.4) is 0 Å². The summed E-state index contributed by atoms with van der Waals surface area (Å²) in [6.45, 7) is 15.9. The van der Waals surface area contributed by atoms with E-state index in [-0.39, 0.29) is 24.0 Å². The highest BCUT2D eigenvalue weighted by Gasteiger charge is 2.27. The van der Waals surface area contributed by atoms with Crippen LogP contribution in [0.2, 0.25) is 0 Å². The van der Waals surface area contributed by atoms with Crippen molar-refractivity contribution in [1.82, 2.24) is 20.0 Å². The molecule has 1 atom stereocenters. The van der Waals surface area contributed by atoms with Crippen molar-refractivity contribution >= 4 is 29.9 Å². The first-order chi connectivity index (χ1) is 12.2. The van der Waals surface area contributed by atoms with Crippen LogP contribution in [-0.4, -0.2) is 99.8 Å². The number of ether oxygens (including phenoxy) is 1. The third kappa shape index (κ3) is 8.71. The van der Waals surface area contributed by atoms with Crippen molar-refractivity contribution in [2.75, 3.05) is 79.2 Å². The molecule has 1 N–H and O–H groups in total. The van der Waals surface area contributed by atoms with Gasteiger partial charge in [0.25, 0.3) is 0 Å². The fraction of sp³-hybridized carbons (Fsp3) is 0.947. The zero-order chi connectivity index (χ0) is 17.9. The summed E-state index contributed by atoms with van der Waals surface area (Å²) in [6.07, 6.45) is 3.81. The monoisotopic (exact) mass is 481 g/mol. The number of hydrogen-bond acceptors (Lipinski definition) is 4. The minimum Gasteiger partial charge on any atom is -0.379 e. The molecule has 2 heterocycles. The number of aliphatic imine (C=N–C) groups is 1. The van der Waals surface area contributed by atoms with E-state index in [1.165, 1.54) is 32.4 Å². The quantitative estimate of drug-likeness (QED) is 0.310. The largest absolute Gasteiger partial charge is 0.379 e. The first-order valence-electron chi connectivity index (χ1n) is 10.2. The summed E-state index contributed by atoms with van der Waals surface area (Å²) in [7, 11) is 2.20. The van der Waals surface area contributed by atoms with Crippen LogP contribution in [0.15, 0.2) is 4.99 Å². The Balaban J connectivity index is 0.00000338. The Bertz CT molecular complexity index is 390. The van der Waals surface area contributed by atoms with Gasteiger partial charge in [0.2, 0.25) is 0 Å². The van der Waals surface area contributed by atoms with Gasteiger partial charge >= 0.3 is 0 Å². The molecule has 2 aliphatic rings. The van der Waals surface area contributed by atoms with Gasteiger partial charge in [-0.1, -0.05) is 13.3 Å². The average Bonchev–Trinajstić information content (AvgIpc) is 3.08. The molecule has 0 radical (unpaired) electrons. The molecule has 0 amide bonds. The summed E-state index contributed by atoms with van der Waals surface area (Å²) in [6, 6.07) is 0. The maximum absolute atomic E-state index is 5.46. The molecule has 1 unspecified atom stereocenters. The summed E-state index contributed by atoms with van der Waals surface area (Å²) in [5.41, 5.74) is 0. The van der Waals surface area contributed by atoms with Crippen molar-refractivity contribution in [2.24, 2.45) is 10.9 Å². The summed E-state index contributed by atoms with van der Waals surface area (Å²) < 4.78 is 5.46. The van der Waals surface area contributed by atoms with Crippen LogP contribution in [0.25, 0.3) is 0 Å². The Kier molecular flexibility index (Phi) is 12.8. The van der Waals surface area contributed by atoms with Crippen LogP contribution in [0, 0.1) is 5.92 Å². The second-order valence-electron chi connectivity index (χ2n) is 7.41. The van der Waals surface area contributed by atoms with Gasteiger partial charge in [-0.25, -0.2) is 0 Å². The Hall–Kier alpha value is -0.120. The molecule has 7 heteroatoms. The zero-order valence-corrected chi connectivity index (χ0v) is 19.4. The number of likely N-dealkylation sites (tertiary alicyclic amines) is 1.